The van der Waals surface area contributed by atoms with Crippen molar-refractivity contribution in [3.05, 3.63) is 52.4 Å². The molecule has 0 unspecified atom stereocenters. The lowest BCUT2D eigenvalue weighted by molar-refractivity contribution is -0.137. The van der Waals surface area contributed by atoms with Crippen LogP contribution in [0.15, 0.2) is 46.8 Å². The first kappa shape index (κ1) is 18.3. The van der Waals surface area contributed by atoms with Crippen molar-refractivity contribution in [3.8, 4) is 5.75 Å². The van der Waals surface area contributed by atoms with Crippen molar-refractivity contribution in [2.75, 3.05) is 27.3 Å². The van der Waals surface area contributed by atoms with E-state index in [1.54, 1.807) is 13.2 Å². The number of benzene rings is 1. The monoisotopic (exact) mass is 382 g/mol. The standard InChI is InChI=1S/C21H22N2O5/c1-27-15-9-4-3-6-12(15)16-17-13(7-5-8-14(17)24)23-11-10-22-20(25)19(23)18(16)21(26)28-2/h3-4,6,9,16H,5,7-8,10-11H2,1-2H3,(H,22,25)/t16-/m1/s1. The number of esters is 1. The second-order valence-electron chi connectivity index (χ2n) is 6.97. The number of carbonyl (C=O) groups excluding carboxylic acids is 3. The number of nitrogens with zero attached hydrogens (tertiary/aromatic N) is 1. The Morgan fingerprint density at radius 3 is 2.71 bits per heavy atom. The first-order valence-corrected chi connectivity index (χ1v) is 9.35. The summed E-state index contributed by atoms with van der Waals surface area (Å²) in [7, 11) is 2.83. The van der Waals surface area contributed by atoms with Gasteiger partial charge in [-0.1, -0.05) is 18.2 Å². The van der Waals surface area contributed by atoms with Gasteiger partial charge in [-0.25, -0.2) is 4.79 Å². The summed E-state index contributed by atoms with van der Waals surface area (Å²) >= 11 is 0. The number of nitrogens with one attached hydrogen (secondary N) is 1. The molecule has 28 heavy (non-hydrogen) atoms. The Balaban J connectivity index is 2.04. The molecule has 7 nitrogen and oxygen atoms in total. The van der Waals surface area contributed by atoms with Crippen molar-refractivity contribution in [2.45, 2.75) is 25.2 Å². The van der Waals surface area contributed by atoms with Crippen LogP contribution >= 0.6 is 0 Å². The highest BCUT2D eigenvalue weighted by Gasteiger charge is 2.46. The molecule has 2 heterocycles. The van der Waals surface area contributed by atoms with Crippen molar-refractivity contribution >= 4 is 17.7 Å². The molecule has 1 amide bonds. The number of piperazine rings is 1. The highest BCUT2D eigenvalue weighted by molar-refractivity contribution is 6.09. The van der Waals surface area contributed by atoms with Gasteiger partial charge in [-0.3, -0.25) is 9.59 Å². The molecular formula is C21H22N2O5. The van der Waals surface area contributed by atoms with Gasteiger partial charge in [0.1, 0.15) is 11.4 Å². The van der Waals surface area contributed by atoms with Crippen LogP contribution in [-0.4, -0.2) is 49.9 Å². The van der Waals surface area contributed by atoms with Crippen molar-refractivity contribution in [1.29, 1.82) is 0 Å². The molecule has 0 bridgehead atoms. The molecule has 2 aliphatic heterocycles. The summed E-state index contributed by atoms with van der Waals surface area (Å²) in [6.07, 6.45) is 1.85. The number of ether oxygens (including phenoxy) is 2. The molecule has 1 aliphatic carbocycles. The molecule has 1 N–H and O–H groups in total. The molecule has 1 aromatic rings. The lowest BCUT2D eigenvalue weighted by Crippen LogP contribution is -2.50. The number of allylic oxidation sites excluding steroid dienone is 2. The zero-order chi connectivity index (χ0) is 19.8. The molecular weight excluding hydrogens is 360 g/mol. The van der Waals surface area contributed by atoms with E-state index in [9.17, 15) is 14.4 Å². The molecule has 0 radical (unpaired) electrons. The van der Waals surface area contributed by atoms with Gasteiger partial charge in [0.2, 0.25) is 0 Å². The molecule has 4 rings (SSSR count). The van der Waals surface area contributed by atoms with Gasteiger partial charge in [0.25, 0.3) is 5.91 Å². The van der Waals surface area contributed by atoms with Gasteiger partial charge < -0.3 is 19.7 Å². The minimum absolute atomic E-state index is 0.00332. The van der Waals surface area contributed by atoms with Crippen LogP contribution in [0.4, 0.5) is 0 Å². The van der Waals surface area contributed by atoms with Crippen LogP contribution in [-0.2, 0) is 19.1 Å². The number of fused-ring (bicyclic) bond motifs is 2. The number of para-hydroxylation sites is 1. The fourth-order valence-electron chi connectivity index (χ4n) is 4.41. The second-order valence-corrected chi connectivity index (χ2v) is 6.97. The average Bonchev–Trinajstić information content (AvgIpc) is 2.72. The Morgan fingerprint density at radius 1 is 1.18 bits per heavy atom. The number of Topliss-reactive ketones (excluding diaryl/α,β-unsaturated/α-hetero) is 1. The van der Waals surface area contributed by atoms with E-state index in [0.29, 0.717) is 42.8 Å². The van der Waals surface area contributed by atoms with E-state index in [1.807, 2.05) is 23.1 Å². The number of hydrogen-bond donors (Lipinski definition) is 1. The Morgan fingerprint density at radius 2 is 1.96 bits per heavy atom. The summed E-state index contributed by atoms with van der Waals surface area (Å²) < 4.78 is 10.6. The lowest BCUT2D eigenvalue weighted by Gasteiger charge is -2.43. The maximum absolute atomic E-state index is 13.0. The van der Waals surface area contributed by atoms with Gasteiger partial charge in [0.15, 0.2) is 5.78 Å². The largest absolute Gasteiger partial charge is 0.496 e. The highest BCUT2D eigenvalue weighted by atomic mass is 16.5. The summed E-state index contributed by atoms with van der Waals surface area (Å²) in [6.45, 7) is 0.980. The highest BCUT2D eigenvalue weighted by Crippen LogP contribution is 2.48. The van der Waals surface area contributed by atoms with E-state index < -0.39 is 11.9 Å². The fourth-order valence-corrected chi connectivity index (χ4v) is 4.41. The van der Waals surface area contributed by atoms with Crippen LogP contribution in [0.3, 0.4) is 0 Å². The molecule has 1 saturated heterocycles. The van der Waals surface area contributed by atoms with Crippen LogP contribution < -0.4 is 10.1 Å². The first-order chi connectivity index (χ1) is 13.6. The number of rotatable bonds is 3. The molecule has 0 aromatic heterocycles. The molecule has 0 saturated carbocycles. The number of methoxy groups -OCH3 is 2. The number of ketones is 1. The third-order valence-electron chi connectivity index (χ3n) is 5.55. The zero-order valence-electron chi connectivity index (χ0n) is 15.9. The zero-order valence-corrected chi connectivity index (χ0v) is 15.9. The van der Waals surface area contributed by atoms with Crippen LogP contribution in [0.1, 0.15) is 30.7 Å². The smallest absolute Gasteiger partial charge is 0.337 e. The van der Waals surface area contributed by atoms with Crippen LogP contribution in [0, 0.1) is 0 Å². The molecule has 1 fully saturated rings. The summed E-state index contributed by atoms with van der Waals surface area (Å²) in [5.41, 5.74) is 2.57. The summed E-state index contributed by atoms with van der Waals surface area (Å²) in [5.74, 6) is -1.07. The Kier molecular flexibility index (Phi) is 4.66. The van der Waals surface area contributed by atoms with E-state index in [-0.39, 0.29) is 23.0 Å². The molecule has 3 aliphatic rings. The van der Waals surface area contributed by atoms with Crippen LogP contribution in [0.5, 0.6) is 5.75 Å². The van der Waals surface area contributed by atoms with E-state index in [1.165, 1.54) is 7.11 Å². The minimum Gasteiger partial charge on any atom is -0.496 e. The maximum Gasteiger partial charge on any atom is 0.337 e. The van der Waals surface area contributed by atoms with Gasteiger partial charge >= 0.3 is 5.97 Å². The Hall–Kier alpha value is -3.09. The van der Waals surface area contributed by atoms with Crippen molar-refractivity contribution in [1.82, 2.24) is 10.2 Å². The predicted octanol–water partition coefficient (Wildman–Crippen LogP) is 1.66. The van der Waals surface area contributed by atoms with E-state index >= 15 is 0 Å². The van der Waals surface area contributed by atoms with E-state index in [0.717, 1.165) is 12.1 Å². The number of hydrogen-bond acceptors (Lipinski definition) is 6. The molecule has 0 spiro atoms. The van der Waals surface area contributed by atoms with Gasteiger partial charge in [-0.2, -0.15) is 0 Å². The predicted molar refractivity (Wildman–Crippen MR) is 100 cm³/mol. The minimum atomic E-state index is -0.693. The molecule has 7 heteroatoms. The number of amides is 1. The van der Waals surface area contributed by atoms with Crippen molar-refractivity contribution in [2.24, 2.45) is 0 Å². The third-order valence-corrected chi connectivity index (χ3v) is 5.55. The van der Waals surface area contributed by atoms with E-state index in [4.69, 9.17) is 9.47 Å². The molecule has 1 aromatic carbocycles. The van der Waals surface area contributed by atoms with Gasteiger partial charge in [0.05, 0.1) is 25.7 Å². The van der Waals surface area contributed by atoms with Crippen molar-refractivity contribution < 1.29 is 23.9 Å². The van der Waals surface area contributed by atoms with Gasteiger partial charge in [-0.15, -0.1) is 0 Å². The third kappa shape index (κ3) is 2.69. The van der Waals surface area contributed by atoms with Crippen molar-refractivity contribution in [3.63, 3.8) is 0 Å². The van der Waals surface area contributed by atoms with Gasteiger partial charge in [-0.05, 0) is 18.9 Å². The molecule has 146 valence electrons. The summed E-state index contributed by atoms with van der Waals surface area (Å²) in [5, 5.41) is 2.81. The van der Waals surface area contributed by atoms with Gasteiger partial charge in [0, 0.05) is 36.3 Å². The fraction of sp³-hybridized carbons (Fsp3) is 0.381. The summed E-state index contributed by atoms with van der Waals surface area (Å²) in [6, 6.07) is 7.28. The quantitative estimate of drug-likeness (QED) is 0.801. The van der Waals surface area contributed by atoms with Crippen LogP contribution in [0.2, 0.25) is 0 Å². The topological polar surface area (TPSA) is 84.9 Å². The average molecular weight is 382 g/mol. The second kappa shape index (κ2) is 7.14. The Labute approximate surface area is 163 Å². The maximum atomic E-state index is 13.0. The summed E-state index contributed by atoms with van der Waals surface area (Å²) in [4.78, 5) is 40.5. The van der Waals surface area contributed by atoms with E-state index in [2.05, 4.69) is 5.32 Å². The first-order valence-electron chi connectivity index (χ1n) is 9.35. The number of carbonyl (C=O) groups is 3. The normalized spacial score (nSPS) is 21.8. The molecule has 1 atom stereocenters. The van der Waals surface area contributed by atoms with Crippen LogP contribution in [0.25, 0.3) is 0 Å². The lowest BCUT2D eigenvalue weighted by atomic mass is 9.73. The SMILES string of the molecule is COC(=O)C1=C2C(=O)NCCN2C2=C(C(=O)CCC2)[C@H]1c1ccccc1OC. The Bertz CT molecular complexity index is 930.